The largest absolute Gasteiger partial charge is 0.340 e. The Balaban J connectivity index is 1.11. The number of hydrogen-bond acceptors (Lipinski definition) is 0. The summed E-state index contributed by atoms with van der Waals surface area (Å²) in [6.07, 6.45) is 13.4. The lowest BCUT2D eigenvalue weighted by molar-refractivity contribution is 0.542. The molecule has 0 atom stereocenters. The third-order valence-electron chi connectivity index (χ3n) is 11.3. The lowest BCUT2D eigenvalue weighted by Gasteiger charge is -2.10. The molecule has 0 N–H and O–H groups in total. The minimum atomic E-state index is 1.04. The van der Waals surface area contributed by atoms with Crippen LogP contribution in [0.2, 0.25) is 0 Å². The maximum absolute atomic E-state index is 3.56. The quantitative estimate of drug-likeness (QED) is 0.0778. The van der Waals surface area contributed by atoms with Gasteiger partial charge in [-0.3, -0.25) is 0 Å². The van der Waals surface area contributed by atoms with Crippen LogP contribution in [0, 0.1) is 0 Å². The van der Waals surface area contributed by atoms with Gasteiger partial charge < -0.3 is 13.7 Å². The second kappa shape index (κ2) is 14.7. The molecule has 0 saturated heterocycles. The molecule has 52 heavy (non-hydrogen) atoms. The smallest absolute Gasteiger partial charge is 0.0541 e. The minimum absolute atomic E-state index is 1.04. The number of fused-ring (bicyclic) bond motifs is 9. The summed E-state index contributed by atoms with van der Waals surface area (Å²) < 4.78 is 7.50. The van der Waals surface area contributed by atoms with Crippen LogP contribution in [-0.4, -0.2) is 19.0 Å². The number of para-hydroxylation sites is 4. The Morgan fingerprint density at radius 3 is 1.06 bits per heavy atom. The molecule has 3 nitrogen and oxygen atoms in total. The van der Waals surface area contributed by atoms with Crippen LogP contribution in [0.4, 0.5) is 0 Å². The highest BCUT2D eigenvalue weighted by molar-refractivity contribution is 9.09. The maximum Gasteiger partial charge on any atom is 0.0541 e. The molecule has 0 spiro atoms. The monoisotopic (exact) mass is 743 g/mol. The third kappa shape index (κ3) is 5.91. The lowest BCUT2D eigenvalue weighted by Crippen LogP contribution is -1.99. The summed E-state index contributed by atoms with van der Waals surface area (Å²) in [4.78, 5) is 0. The van der Waals surface area contributed by atoms with E-state index in [-0.39, 0.29) is 0 Å². The Kier molecular flexibility index (Phi) is 9.33. The van der Waals surface area contributed by atoms with Gasteiger partial charge in [0.2, 0.25) is 0 Å². The van der Waals surface area contributed by atoms with Gasteiger partial charge in [0.1, 0.15) is 0 Å². The summed E-state index contributed by atoms with van der Waals surface area (Å²) in [5.74, 6) is 0. The van der Waals surface area contributed by atoms with Crippen LogP contribution >= 0.6 is 15.9 Å². The Morgan fingerprint density at radius 1 is 0.327 bits per heavy atom. The molecule has 6 aromatic carbocycles. The zero-order valence-electron chi connectivity index (χ0n) is 29.9. The first-order valence-electron chi connectivity index (χ1n) is 19.4. The second-order valence-electron chi connectivity index (χ2n) is 14.5. The fraction of sp³-hybridized carbons (Fsp3) is 0.250. The molecule has 3 aromatic heterocycles. The number of aromatic nitrogens is 3. The van der Waals surface area contributed by atoms with Crippen molar-refractivity contribution in [1.29, 1.82) is 0 Å². The van der Waals surface area contributed by atoms with Crippen molar-refractivity contribution in [2.24, 2.45) is 0 Å². The van der Waals surface area contributed by atoms with Gasteiger partial charge in [-0.25, -0.2) is 0 Å². The average Bonchev–Trinajstić information content (AvgIpc) is 3.82. The number of rotatable bonds is 14. The predicted octanol–water partition coefficient (Wildman–Crippen LogP) is 14.3. The molecule has 0 radical (unpaired) electrons. The maximum atomic E-state index is 3.56. The number of alkyl halides is 1. The van der Waals surface area contributed by atoms with Crippen molar-refractivity contribution in [2.75, 3.05) is 5.33 Å². The summed E-state index contributed by atoms with van der Waals surface area (Å²) in [6.45, 7) is 1.04. The molecule has 3 heterocycles. The van der Waals surface area contributed by atoms with Gasteiger partial charge in [-0.05, 0) is 73.5 Å². The number of benzene rings is 6. The van der Waals surface area contributed by atoms with Gasteiger partial charge >= 0.3 is 0 Å². The van der Waals surface area contributed by atoms with Crippen molar-refractivity contribution < 1.29 is 0 Å². The number of nitrogens with zero attached hydrogens (tertiary/aromatic N) is 3. The van der Waals surface area contributed by atoms with Crippen molar-refractivity contribution >= 4 is 81.3 Å². The molecule has 260 valence electrons. The van der Waals surface area contributed by atoms with Crippen LogP contribution < -0.4 is 0 Å². The second-order valence-corrected chi connectivity index (χ2v) is 15.3. The highest BCUT2D eigenvalue weighted by Crippen LogP contribution is 2.38. The molecular weight excluding hydrogens is 698 g/mol. The normalized spacial score (nSPS) is 12.1. The first-order valence-corrected chi connectivity index (χ1v) is 20.5. The van der Waals surface area contributed by atoms with E-state index in [0.29, 0.717) is 0 Å². The van der Waals surface area contributed by atoms with E-state index in [4.69, 9.17) is 0 Å². The summed E-state index contributed by atoms with van der Waals surface area (Å²) >= 11 is 3.56. The van der Waals surface area contributed by atoms with Gasteiger partial charge in [0.25, 0.3) is 0 Å². The van der Waals surface area contributed by atoms with Crippen LogP contribution in [0.25, 0.3) is 76.8 Å². The van der Waals surface area contributed by atoms with Crippen LogP contribution in [-0.2, 0) is 6.54 Å². The molecule has 0 bridgehead atoms. The molecule has 0 amide bonds. The molecule has 0 saturated carbocycles. The summed E-state index contributed by atoms with van der Waals surface area (Å²) in [7, 11) is 0. The first kappa shape index (κ1) is 33.1. The van der Waals surface area contributed by atoms with E-state index in [9.17, 15) is 0 Å². The Morgan fingerprint density at radius 2 is 0.673 bits per heavy atom. The third-order valence-corrected chi connectivity index (χ3v) is 11.8. The van der Waals surface area contributed by atoms with E-state index in [0.717, 1.165) is 11.9 Å². The van der Waals surface area contributed by atoms with Gasteiger partial charge in [-0.2, -0.15) is 0 Å². The Bertz CT molecular complexity index is 2390. The van der Waals surface area contributed by atoms with Gasteiger partial charge in [0.15, 0.2) is 0 Å². The van der Waals surface area contributed by atoms with E-state index >= 15 is 0 Å². The first-order chi connectivity index (χ1) is 25.8. The molecule has 0 aliphatic carbocycles. The molecule has 4 heteroatoms. The van der Waals surface area contributed by atoms with Crippen molar-refractivity contribution in [2.45, 2.75) is 70.8 Å². The van der Waals surface area contributed by atoms with Crippen LogP contribution in [0.5, 0.6) is 0 Å². The summed E-state index contributed by atoms with van der Waals surface area (Å²) in [5, 5.41) is 8.96. The van der Waals surface area contributed by atoms with Gasteiger partial charge in [-0.15, -0.1) is 0 Å². The van der Waals surface area contributed by atoms with Gasteiger partial charge in [-0.1, -0.05) is 140 Å². The molecule has 9 aromatic rings. The van der Waals surface area contributed by atoms with Gasteiger partial charge in [0, 0.05) is 66.6 Å². The average molecular weight is 745 g/mol. The number of unbranched alkanes of at least 4 members (excludes halogenated alkanes) is 9. The summed E-state index contributed by atoms with van der Waals surface area (Å²) in [6, 6.07) is 49.6. The van der Waals surface area contributed by atoms with Crippen molar-refractivity contribution in [1.82, 2.24) is 13.7 Å². The number of aryl methyl sites for hydroxylation is 1. The highest BCUT2D eigenvalue weighted by Gasteiger charge is 2.18. The van der Waals surface area contributed by atoms with Crippen LogP contribution in [0.15, 0.2) is 133 Å². The zero-order chi connectivity index (χ0) is 34.9. The van der Waals surface area contributed by atoms with Crippen LogP contribution in [0.1, 0.15) is 64.2 Å². The fourth-order valence-corrected chi connectivity index (χ4v) is 9.18. The van der Waals surface area contributed by atoms with Crippen molar-refractivity contribution in [3.8, 4) is 11.4 Å². The molecule has 0 unspecified atom stereocenters. The Labute approximate surface area is 314 Å². The van der Waals surface area contributed by atoms with Crippen molar-refractivity contribution in [3.63, 3.8) is 0 Å². The lowest BCUT2D eigenvalue weighted by atomic mass is 10.1. The SMILES string of the molecule is BrCCCCCCCCCCCCn1c2ccc(-n3c4ccccc4c4ccccc43)cc2c2cc(-n3c4ccccc4c4ccccc43)ccc21. The topological polar surface area (TPSA) is 14.8 Å². The highest BCUT2D eigenvalue weighted by atomic mass is 79.9. The standard InChI is InChI=1S/C48H46BrN3/c49-31-17-7-5-3-1-2-4-6-8-18-32-50-43-29-27-35(51-45-23-13-9-19-37(45)38-20-10-14-24-46(38)51)33-41(43)42-34-36(28-30-44(42)50)52-47-25-15-11-21-39(47)40-22-12-16-26-48(40)52/h9-16,19-30,33-34H,1-8,17-18,31-32H2. The zero-order valence-corrected chi connectivity index (χ0v) is 31.5. The van der Waals surface area contributed by atoms with E-state index in [2.05, 4.69) is 163 Å². The molecule has 0 fully saturated rings. The fourth-order valence-electron chi connectivity index (χ4n) is 8.78. The molecular formula is C48H46BrN3. The molecule has 0 aliphatic heterocycles. The van der Waals surface area contributed by atoms with E-state index in [1.54, 1.807) is 0 Å². The van der Waals surface area contributed by atoms with E-state index in [1.165, 1.54) is 141 Å². The number of halogens is 1. The minimum Gasteiger partial charge on any atom is -0.340 e. The molecule has 9 rings (SSSR count). The van der Waals surface area contributed by atoms with E-state index in [1.807, 2.05) is 0 Å². The summed E-state index contributed by atoms with van der Waals surface area (Å²) in [5.41, 5.74) is 10.0. The van der Waals surface area contributed by atoms with E-state index < -0.39 is 0 Å². The van der Waals surface area contributed by atoms with Crippen LogP contribution in [0.3, 0.4) is 0 Å². The molecule has 0 aliphatic rings. The number of hydrogen-bond donors (Lipinski definition) is 0. The Hall–Kier alpha value is -4.80. The van der Waals surface area contributed by atoms with Crippen molar-refractivity contribution in [3.05, 3.63) is 133 Å². The van der Waals surface area contributed by atoms with Gasteiger partial charge in [0.05, 0.1) is 22.1 Å². The predicted molar refractivity (Wildman–Crippen MR) is 228 cm³/mol.